The first kappa shape index (κ1) is 11.4. The minimum absolute atomic E-state index is 0.112. The molecule has 88 valence electrons. The molecule has 1 N–H and O–H groups in total. The van der Waals surface area contributed by atoms with Gasteiger partial charge in [0.2, 0.25) is 0 Å². The molecule has 16 heavy (non-hydrogen) atoms. The standard InChI is InChI=1S/C13H19NO2/c1-11-2-4-12(5-3-11)14-7-6-13(10-14)16-9-8-15/h2-5,13,15H,6-10H2,1H3. The molecule has 0 radical (unpaired) electrons. The fourth-order valence-electron chi connectivity index (χ4n) is 2.07. The van der Waals surface area contributed by atoms with Gasteiger partial charge in [0, 0.05) is 18.8 Å². The quantitative estimate of drug-likeness (QED) is 0.838. The minimum atomic E-state index is 0.112. The molecule has 0 aromatic heterocycles. The lowest BCUT2D eigenvalue weighted by molar-refractivity contribution is 0.0411. The van der Waals surface area contributed by atoms with Gasteiger partial charge in [-0.1, -0.05) is 17.7 Å². The van der Waals surface area contributed by atoms with E-state index < -0.39 is 0 Å². The van der Waals surface area contributed by atoms with Gasteiger partial charge in [-0.3, -0.25) is 0 Å². The van der Waals surface area contributed by atoms with Gasteiger partial charge in [-0.15, -0.1) is 0 Å². The molecule has 1 atom stereocenters. The van der Waals surface area contributed by atoms with Crippen LogP contribution in [0.15, 0.2) is 24.3 Å². The van der Waals surface area contributed by atoms with Crippen LogP contribution >= 0.6 is 0 Å². The maximum Gasteiger partial charge on any atom is 0.0767 e. The van der Waals surface area contributed by atoms with E-state index in [-0.39, 0.29) is 12.7 Å². The van der Waals surface area contributed by atoms with Gasteiger partial charge in [-0.2, -0.15) is 0 Å². The van der Waals surface area contributed by atoms with Gasteiger partial charge in [0.05, 0.1) is 19.3 Å². The van der Waals surface area contributed by atoms with E-state index in [2.05, 4.69) is 36.1 Å². The van der Waals surface area contributed by atoms with E-state index in [9.17, 15) is 0 Å². The van der Waals surface area contributed by atoms with Crippen molar-refractivity contribution in [1.29, 1.82) is 0 Å². The van der Waals surface area contributed by atoms with E-state index in [4.69, 9.17) is 9.84 Å². The van der Waals surface area contributed by atoms with Gasteiger partial charge < -0.3 is 14.7 Å². The number of aryl methyl sites for hydroxylation is 1. The van der Waals surface area contributed by atoms with Gasteiger partial charge in [0.25, 0.3) is 0 Å². The zero-order chi connectivity index (χ0) is 11.4. The molecule has 0 spiro atoms. The van der Waals surface area contributed by atoms with Crippen molar-refractivity contribution in [3.8, 4) is 0 Å². The molecule has 1 heterocycles. The third-order valence-electron chi connectivity index (χ3n) is 2.99. The zero-order valence-corrected chi connectivity index (χ0v) is 9.72. The second kappa shape index (κ2) is 5.32. The Morgan fingerprint density at radius 2 is 2.12 bits per heavy atom. The van der Waals surface area contributed by atoms with Crippen LogP contribution in [-0.4, -0.2) is 37.5 Å². The van der Waals surface area contributed by atoms with Crippen molar-refractivity contribution in [2.24, 2.45) is 0 Å². The van der Waals surface area contributed by atoms with Crippen molar-refractivity contribution in [3.05, 3.63) is 29.8 Å². The Labute approximate surface area is 96.6 Å². The monoisotopic (exact) mass is 221 g/mol. The largest absolute Gasteiger partial charge is 0.394 e. The maximum atomic E-state index is 8.70. The van der Waals surface area contributed by atoms with Crippen molar-refractivity contribution in [2.45, 2.75) is 19.4 Å². The lowest BCUT2D eigenvalue weighted by Crippen LogP contribution is -2.23. The summed E-state index contributed by atoms with van der Waals surface area (Å²) in [7, 11) is 0. The van der Waals surface area contributed by atoms with E-state index in [1.165, 1.54) is 11.3 Å². The van der Waals surface area contributed by atoms with Gasteiger partial charge >= 0.3 is 0 Å². The average molecular weight is 221 g/mol. The van der Waals surface area contributed by atoms with Crippen LogP contribution in [0.3, 0.4) is 0 Å². The highest BCUT2D eigenvalue weighted by atomic mass is 16.5. The number of benzene rings is 1. The van der Waals surface area contributed by atoms with E-state index in [1.807, 2.05) is 0 Å². The van der Waals surface area contributed by atoms with Crippen molar-refractivity contribution in [2.75, 3.05) is 31.2 Å². The molecule has 0 saturated carbocycles. The van der Waals surface area contributed by atoms with Crippen LogP contribution in [0, 0.1) is 6.92 Å². The Hall–Kier alpha value is -1.06. The Bertz CT molecular complexity index is 323. The van der Waals surface area contributed by atoms with Crippen LogP contribution in [-0.2, 0) is 4.74 Å². The summed E-state index contributed by atoms with van der Waals surface area (Å²) >= 11 is 0. The summed E-state index contributed by atoms with van der Waals surface area (Å²) in [5, 5.41) is 8.70. The average Bonchev–Trinajstić information content (AvgIpc) is 2.76. The topological polar surface area (TPSA) is 32.7 Å². The predicted molar refractivity (Wildman–Crippen MR) is 64.8 cm³/mol. The predicted octanol–water partition coefficient (Wildman–Crippen LogP) is 1.58. The molecule has 1 aromatic carbocycles. The first-order chi connectivity index (χ1) is 7.79. The van der Waals surface area contributed by atoms with E-state index >= 15 is 0 Å². The number of hydrogen-bond acceptors (Lipinski definition) is 3. The molecule has 1 unspecified atom stereocenters. The van der Waals surface area contributed by atoms with E-state index in [0.29, 0.717) is 6.61 Å². The summed E-state index contributed by atoms with van der Waals surface area (Å²) in [6.45, 7) is 4.64. The molecule has 3 heteroatoms. The fourth-order valence-corrected chi connectivity index (χ4v) is 2.07. The lowest BCUT2D eigenvalue weighted by atomic mass is 10.2. The maximum absolute atomic E-state index is 8.70. The van der Waals surface area contributed by atoms with Crippen LogP contribution in [0.4, 0.5) is 5.69 Å². The molecule has 0 amide bonds. The molecule has 1 saturated heterocycles. The second-order valence-corrected chi connectivity index (χ2v) is 4.29. The molecule has 1 aliphatic heterocycles. The zero-order valence-electron chi connectivity index (χ0n) is 9.72. The molecule has 0 aliphatic carbocycles. The Morgan fingerprint density at radius 1 is 1.38 bits per heavy atom. The Morgan fingerprint density at radius 3 is 2.81 bits per heavy atom. The summed E-state index contributed by atoms with van der Waals surface area (Å²) in [6, 6.07) is 8.59. The van der Waals surface area contributed by atoms with Crippen LogP contribution < -0.4 is 4.90 Å². The molecular weight excluding hydrogens is 202 g/mol. The number of ether oxygens (including phenoxy) is 1. The third kappa shape index (κ3) is 2.74. The molecule has 0 bridgehead atoms. The molecule has 3 nitrogen and oxygen atoms in total. The number of aliphatic hydroxyl groups is 1. The first-order valence-electron chi connectivity index (χ1n) is 5.83. The van der Waals surface area contributed by atoms with Gasteiger partial charge in [-0.25, -0.2) is 0 Å². The molecule has 1 aliphatic rings. The number of aliphatic hydroxyl groups excluding tert-OH is 1. The number of hydrogen-bond donors (Lipinski definition) is 1. The molecule has 1 aromatic rings. The second-order valence-electron chi connectivity index (χ2n) is 4.29. The Balaban J connectivity index is 1.90. The lowest BCUT2D eigenvalue weighted by Gasteiger charge is -2.18. The summed E-state index contributed by atoms with van der Waals surface area (Å²) in [6.07, 6.45) is 1.32. The number of nitrogens with zero attached hydrogens (tertiary/aromatic N) is 1. The number of anilines is 1. The third-order valence-corrected chi connectivity index (χ3v) is 2.99. The van der Waals surface area contributed by atoms with Crippen LogP contribution in [0.5, 0.6) is 0 Å². The highest BCUT2D eigenvalue weighted by Gasteiger charge is 2.22. The molecule has 1 fully saturated rings. The normalized spacial score (nSPS) is 20.4. The van der Waals surface area contributed by atoms with E-state index in [0.717, 1.165) is 19.5 Å². The Kier molecular flexibility index (Phi) is 3.80. The summed E-state index contributed by atoms with van der Waals surface area (Å²) in [5.41, 5.74) is 2.55. The van der Waals surface area contributed by atoms with Gasteiger partial charge in [0.1, 0.15) is 0 Å². The van der Waals surface area contributed by atoms with Crippen LogP contribution in [0.25, 0.3) is 0 Å². The van der Waals surface area contributed by atoms with E-state index in [1.54, 1.807) is 0 Å². The van der Waals surface area contributed by atoms with Crippen molar-refractivity contribution in [1.82, 2.24) is 0 Å². The molecular formula is C13H19NO2. The van der Waals surface area contributed by atoms with Crippen LogP contribution in [0.1, 0.15) is 12.0 Å². The summed E-state index contributed by atoms with van der Waals surface area (Å²) in [5.74, 6) is 0. The van der Waals surface area contributed by atoms with Gasteiger partial charge in [0.15, 0.2) is 0 Å². The summed E-state index contributed by atoms with van der Waals surface area (Å²) in [4.78, 5) is 2.33. The SMILES string of the molecule is Cc1ccc(N2CCC(OCCO)C2)cc1. The van der Waals surface area contributed by atoms with Gasteiger partial charge in [-0.05, 0) is 25.5 Å². The van der Waals surface area contributed by atoms with Crippen molar-refractivity contribution >= 4 is 5.69 Å². The fraction of sp³-hybridized carbons (Fsp3) is 0.538. The molecule has 2 rings (SSSR count). The number of rotatable bonds is 4. The smallest absolute Gasteiger partial charge is 0.0767 e. The van der Waals surface area contributed by atoms with Crippen LogP contribution in [0.2, 0.25) is 0 Å². The minimum Gasteiger partial charge on any atom is -0.394 e. The highest BCUT2D eigenvalue weighted by molar-refractivity contribution is 5.48. The van der Waals surface area contributed by atoms with Crippen molar-refractivity contribution < 1.29 is 9.84 Å². The summed E-state index contributed by atoms with van der Waals surface area (Å²) < 4.78 is 5.54. The first-order valence-corrected chi connectivity index (χ1v) is 5.83. The van der Waals surface area contributed by atoms with Crippen molar-refractivity contribution in [3.63, 3.8) is 0 Å². The highest BCUT2D eigenvalue weighted by Crippen LogP contribution is 2.21.